The molecule has 6 nitrogen and oxygen atoms in total. The van der Waals surface area contributed by atoms with Crippen molar-refractivity contribution in [3.8, 4) is 11.5 Å². The molecule has 3 rings (SSSR count). The lowest BCUT2D eigenvalue weighted by molar-refractivity contribution is -0.134. The van der Waals surface area contributed by atoms with E-state index in [9.17, 15) is 9.59 Å². The van der Waals surface area contributed by atoms with Crippen LogP contribution >= 0.6 is 0 Å². The Bertz CT molecular complexity index is 827. The molecule has 1 saturated heterocycles. The summed E-state index contributed by atoms with van der Waals surface area (Å²) >= 11 is 0. The van der Waals surface area contributed by atoms with Crippen LogP contribution in [-0.4, -0.2) is 61.5 Å². The van der Waals surface area contributed by atoms with Gasteiger partial charge in [-0.3, -0.25) is 9.59 Å². The molecule has 1 aliphatic rings. The summed E-state index contributed by atoms with van der Waals surface area (Å²) in [6.45, 7) is 4.14. The molecule has 0 N–H and O–H groups in total. The number of piperazine rings is 1. The second kappa shape index (κ2) is 9.96. The summed E-state index contributed by atoms with van der Waals surface area (Å²) < 4.78 is 10.9. The first kappa shape index (κ1) is 20.7. The minimum atomic E-state index is -0.0713. The zero-order valence-corrected chi connectivity index (χ0v) is 17.1. The van der Waals surface area contributed by atoms with Crippen LogP contribution in [0.15, 0.2) is 48.5 Å². The maximum absolute atomic E-state index is 12.8. The molecule has 0 spiro atoms. The number of hydrogen-bond donors (Lipinski definition) is 0. The third-order valence-electron chi connectivity index (χ3n) is 5.08. The zero-order chi connectivity index (χ0) is 20.6. The molecule has 2 aromatic carbocycles. The summed E-state index contributed by atoms with van der Waals surface area (Å²) in [5.74, 6) is 1.13. The van der Waals surface area contributed by atoms with Crippen LogP contribution in [0.25, 0.3) is 0 Å². The van der Waals surface area contributed by atoms with Crippen LogP contribution in [0.1, 0.15) is 29.3 Å². The highest BCUT2D eigenvalue weighted by Crippen LogP contribution is 2.20. The van der Waals surface area contributed by atoms with Crippen molar-refractivity contribution in [2.75, 3.05) is 39.9 Å². The minimum absolute atomic E-state index is 0.00752. The fraction of sp³-hybridized carbons (Fsp3) is 0.391. The van der Waals surface area contributed by atoms with Crippen LogP contribution in [0.2, 0.25) is 0 Å². The van der Waals surface area contributed by atoms with Crippen molar-refractivity contribution in [2.45, 2.75) is 19.8 Å². The maximum atomic E-state index is 12.8. The number of ether oxygens (including phenoxy) is 2. The van der Waals surface area contributed by atoms with Gasteiger partial charge < -0.3 is 19.3 Å². The lowest BCUT2D eigenvalue weighted by atomic mass is 10.1. The van der Waals surface area contributed by atoms with Gasteiger partial charge in [0, 0.05) is 26.2 Å². The van der Waals surface area contributed by atoms with Crippen LogP contribution in [-0.2, 0) is 11.2 Å². The molecular formula is C23H28N2O4. The number of methoxy groups -OCH3 is 1. The molecule has 0 radical (unpaired) electrons. The smallest absolute Gasteiger partial charge is 0.260 e. The number of nitrogens with zero attached hydrogens (tertiary/aromatic N) is 2. The highest BCUT2D eigenvalue weighted by molar-refractivity contribution is 5.97. The number of benzene rings is 2. The average Bonchev–Trinajstić information content (AvgIpc) is 2.78. The van der Waals surface area contributed by atoms with Crippen molar-refractivity contribution in [1.29, 1.82) is 0 Å². The highest BCUT2D eigenvalue weighted by atomic mass is 16.5. The Morgan fingerprint density at radius 1 is 0.931 bits per heavy atom. The lowest BCUT2D eigenvalue weighted by Crippen LogP contribution is -2.51. The lowest BCUT2D eigenvalue weighted by Gasteiger charge is -2.35. The van der Waals surface area contributed by atoms with E-state index in [1.807, 2.05) is 36.4 Å². The number of carbonyl (C=O) groups is 2. The van der Waals surface area contributed by atoms with Gasteiger partial charge in [0.1, 0.15) is 11.5 Å². The molecule has 2 aromatic rings. The van der Waals surface area contributed by atoms with Gasteiger partial charge in [0.2, 0.25) is 0 Å². The fourth-order valence-electron chi connectivity index (χ4n) is 3.43. The molecular weight excluding hydrogens is 368 g/mol. The molecule has 0 aromatic heterocycles. The zero-order valence-electron chi connectivity index (χ0n) is 17.1. The fourth-order valence-corrected chi connectivity index (χ4v) is 3.43. The van der Waals surface area contributed by atoms with E-state index >= 15 is 0 Å². The second-order valence-electron chi connectivity index (χ2n) is 7.06. The molecule has 2 amide bonds. The molecule has 6 heteroatoms. The van der Waals surface area contributed by atoms with E-state index in [0.29, 0.717) is 43.2 Å². The van der Waals surface area contributed by atoms with Crippen molar-refractivity contribution in [1.82, 2.24) is 9.80 Å². The number of hydrogen-bond acceptors (Lipinski definition) is 4. The molecule has 29 heavy (non-hydrogen) atoms. The Labute approximate surface area is 172 Å². The summed E-state index contributed by atoms with van der Waals surface area (Å²) in [6.07, 6.45) is 2.14. The molecule has 0 atom stereocenters. The minimum Gasteiger partial charge on any atom is -0.496 e. The number of amides is 2. The van der Waals surface area contributed by atoms with Gasteiger partial charge in [-0.05, 0) is 36.2 Å². The van der Waals surface area contributed by atoms with Crippen LogP contribution in [0.4, 0.5) is 0 Å². The summed E-state index contributed by atoms with van der Waals surface area (Å²) in [6, 6.07) is 15.1. The van der Waals surface area contributed by atoms with E-state index in [4.69, 9.17) is 9.47 Å². The van der Waals surface area contributed by atoms with Gasteiger partial charge in [-0.2, -0.15) is 0 Å². The first-order valence-corrected chi connectivity index (χ1v) is 10.0. The molecule has 0 unspecified atom stereocenters. The Balaban J connectivity index is 1.48. The standard InChI is InChI=1S/C23H28N2O4/c1-3-6-18-9-11-19(12-10-18)29-17-22(26)24-13-15-25(16-14-24)23(27)20-7-4-5-8-21(20)28-2/h4-5,7-12H,3,6,13-17H2,1-2H3. The van der Waals surface area contributed by atoms with Crippen LogP contribution in [0.3, 0.4) is 0 Å². The Hall–Kier alpha value is -3.02. The SMILES string of the molecule is CCCc1ccc(OCC(=O)N2CCN(C(=O)c3ccccc3OC)CC2)cc1. The van der Waals surface area contributed by atoms with Crippen molar-refractivity contribution in [3.05, 3.63) is 59.7 Å². The van der Waals surface area contributed by atoms with E-state index in [-0.39, 0.29) is 18.4 Å². The largest absolute Gasteiger partial charge is 0.496 e. The molecule has 0 aliphatic carbocycles. The third kappa shape index (κ3) is 5.28. The van der Waals surface area contributed by atoms with E-state index < -0.39 is 0 Å². The van der Waals surface area contributed by atoms with Crippen molar-refractivity contribution in [2.24, 2.45) is 0 Å². The highest BCUT2D eigenvalue weighted by Gasteiger charge is 2.26. The monoisotopic (exact) mass is 396 g/mol. The first-order valence-electron chi connectivity index (χ1n) is 10.0. The molecule has 0 saturated carbocycles. The molecule has 1 aliphatic heterocycles. The van der Waals surface area contributed by atoms with Crippen molar-refractivity contribution in [3.63, 3.8) is 0 Å². The van der Waals surface area contributed by atoms with Gasteiger partial charge in [0.25, 0.3) is 11.8 Å². The second-order valence-corrected chi connectivity index (χ2v) is 7.06. The van der Waals surface area contributed by atoms with Gasteiger partial charge >= 0.3 is 0 Å². The summed E-state index contributed by atoms with van der Waals surface area (Å²) in [5, 5.41) is 0. The van der Waals surface area contributed by atoms with Gasteiger partial charge in [-0.25, -0.2) is 0 Å². The van der Waals surface area contributed by atoms with Gasteiger partial charge in [0.15, 0.2) is 6.61 Å². The Kier molecular flexibility index (Phi) is 7.11. The maximum Gasteiger partial charge on any atom is 0.260 e. The number of carbonyl (C=O) groups excluding carboxylic acids is 2. The average molecular weight is 396 g/mol. The topological polar surface area (TPSA) is 59.1 Å². The number of rotatable bonds is 7. The third-order valence-corrected chi connectivity index (χ3v) is 5.08. The Morgan fingerprint density at radius 2 is 1.59 bits per heavy atom. The van der Waals surface area contributed by atoms with Crippen LogP contribution < -0.4 is 9.47 Å². The molecule has 1 heterocycles. The summed E-state index contributed by atoms with van der Waals surface area (Å²) in [5.41, 5.74) is 1.81. The quantitative estimate of drug-likeness (QED) is 0.722. The molecule has 1 fully saturated rings. The molecule has 154 valence electrons. The van der Waals surface area contributed by atoms with E-state index in [0.717, 1.165) is 12.8 Å². The number of aryl methyl sites for hydroxylation is 1. The van der Waals surface area contributed by atoms with Crippen molar-refractivity contribution >= 4 is 11.8 Å². The predicted molar refractivity (Wildman–Crippen MR) is 111 cm³/mol. The summed E-state index contributed by atoms with van der Waals surface area (Å²) in [7, 11) is 1.56. The number of para-hydroxylation sites is 1. The van der Waals surface area contributed by atoms with E-state index in [1.165, 1.54) is 5.56 Å². The van der Waals surface area contributed by atoms with Crippen LogP contribution in [0.5, 0.6) is 11.5 Å². The van der Waals surface area contributed by atoms with Gasteiger partial charge in [0.05, 0.1) is 12.7 Å². The first-order chi connectivity index (χ1) is 14.1. The van der Waals surface area contributed by atoms with Gasteiger partial charge in [-0.15, -0.1) is 0 Å². The Morgan fingerprint density at radius 3 is 2.24 bits per heavy atom. The van der Waals surface area contributed by atoms with Crippen molar-refractivity contribution < 1.29 is 19.1 Å². The summed E-state index contributed by atoms with van der Waals surface area (Å²) in [4.78, 5) is 28.7. The molecule has 0 bridgehead atoms. The van der Waals surface area contributed by atoms with Gasteiger partial charge in [-0.1, -0.05) is 37.6 Å². The van der Waals surface area contributed by atoms with Crippen LogP contribution in [0, 0.1) is 0 Å². The normalized spacial score (nSPS) is 13.9. The predicted octanol–water partition coefficient (Wildman–Crippen LogP) is 3.01. The van der Waals surface area contributed by atoms with E-state index in [2.05, 4.69) is 6.92 Å². The van der Waals surface area contributed by atoms with E-state index in [1.54, 1.807) is 29.0 Å².